The van der Waals surface area contributed by atoms with E-state index in [0.717, 1.165) is 35.4 Å². The summed E-state index contributed by atoms with van der Waals surface area (Å²) < 4.78 is 2.13. The van der Waals surface area contributed by atoms with E-state index in [1.54, 1.807) is 6.07 Å². The molecule has 1 heterocycles. The molecular formula is C14H18ClN3O. The van der Waals surface area contributed by atoms with E-state index in [1.165, 1.54) is 0 Å². The normalized spacial score (nSPS) is 10.5. The maximum Gasteiger partial charge on any atom is 0.0992 e. The van der Waals surface area contributed by atoms with Gasteiger partial charge in [-0.1, -0.05) is 17.7 Å². The summed E-state index contributed by atoms with van der Waals surface area (Å²) in [5, 5.41) is 10.7. The van der Waals surface area contributed by atoms with Crippen LogP contribution < -0.4 is 0 Å². The minimum Gasteiger partial charge on any atom is -0.412 e. The number of aromatic nitrogens is 1. The SMILES string of the molecule is CN(C)CCCn1cc(Cl)c2ccc(C#N)cc21.O. The fraction of sp³-hybridized carbons (Fsp3) is 0.357. The summed E-state index contributed by atoms with van der Waals surface area (Å²) in [6.45, 7) is 1.95. The molecule has 0 unspecified atom stereocenters. The Bertz CT molecular complexity index is 598. The van der Waals surface area contributed by atoms with Gasteiger partial charge in [0.1, 0.15) is 0 Å². The van der Waals surface area contributed by atoms with Crippen LogP contribution in [-0.4, -0.2) is 35.6 Å². The first-order valence-corrected chi connectivity index (χ1v) is 6.33. The number of nitriles is 1. The Hall–Kier alpha value is -1.54. The van der Waals surface area contributed by atoms with Crippen molar-refractivity contribution in [1.29, 1.82) is 5.26 Å². The second-order valence-corrected chi connectivity index (χ2v) is 5.08. The predicted molar refractivity (Wildman–Crippen MR) is 78.4 cm³/mol. The molecule has 5 heteroatoms. The van der Waals surface area contributed by atoms with E-state index in [0.29, 0.717) is 5.56 Å². The zero-order valence-corrected chi connectivity index (χ0v) is 11.9. The molecule has 0 aliphatic carbocycles. The maximum atomic E-state index is 8.94. The molecule has 0 atom stereocenters. The average molecular weight is 280 g/mol. The van der Waals surface area contributed by atoms with E-state index in [9.17, 15) is 0 Å². The van der Waals surface area contributed by atoms with Crippen LogP contribution in [0.1, 0.15) is 12.0 Å². The van der Waals surface area contributed by atoms with Gasteiger partial charge in [-0.05, 0) is 39.2 Å². The van der Waals surface area contributed by atoms with Crippen LogP contribution in [0.4, 0.5) is 0 Å². The van der Waals surface area contributed by atoms with Gasteiger partial charge in [0.2, 0.25) is 0 Å². The lowest BCUT2D eigenvalue weighted by Crippen LogP contribution is -2.14. The molecule has 102 valence electrons. The summed E-state index contributed by atoms with van der Waals surface area (Å²) in [5.41, 5.74) is 1.71. The highest BCUT2D eigenvalue weighted by molar-refractivity contribution is 6.35. The van der Waals surface area contributed by atoms with Gasteiger partial charge in [-0.25, -0.2) is 0 Å². The Kier molecular flexibility index (Phi) is 5.37. The van der Waals surface area contributed by atoms with Gasteiger partial charge in [-0.15, -0.1) is 0 Å². The number of fused-ring (bicyclic) bond motifs is 1. The number of aryl methyl sites for hydroxylation is 1. The standard InChI is InChI=1S/C14H16ClN3.H2O/c1-17(2)6-3-7-18-10-13(15)12-5-4-11(9-16)8-14(12)18;/h4-5,8,10H,3,6-7H2,1-2H3;1H2. The van der Waals surface area contributed by atoms with Crippen LogP contribution in [0.5, 0.6) is 0 Å². The van der Waals surface area contributed by atoms with Gasteiger partial charge in [0.05, 0.1) is 22.2 Å². The molecule has 0 aliphatic heterocycles. The third-order valence-corrected chi connectivity index (χ3v) is 3.27. The Balaban J connectivity index is 0.00000180. The van der Waals surface area contributed by atoms with E-state index in [-0.39, 0.29) is 5.48 Å². The van der Waals surface area contributed by atoms with E-state index >= 15 is 0 Å². The van der Waals surface area contributed by atoms with Crippen molar-refractivity contribution in [2.45, 2.75) is 13.0 Å². The fourth-order valence-corrected chi connectivity index (χ4v) is 2.34. The molecule has 0 spiro atoms. The van der Waals surface area contributed by atoms with Crippen molar-refractivity contribution in [3.8, 4) is 6.07 Å². The lowest BCUT2D eigenvalue weighted by Gasteiger charge is -2.10. The summed E-state index contributed by atoms with van der Waals surface area (Å²) in [6, 6.07) is 7.78. The third kappa shape index (κ3) is 3.48. The van der Waals surface area contributed by atoms with Crippen LogP contribution in [0.25, 0.3) is 10.9 Å². The minimum atomic E-state index is 0. The number of hydrogen-bond donors (Lipinski definition) is 0. The first-order valence-electron chi connectivity index (χ1n) is 5.95. The molecule has 19 heavy (non-hydrogen) atoms. The molecule has 0 saturated carbocycles. The zero-order valence-electron chi connectivity index (χ0n) is 11.2. The molecule has 0 bridgehead atoms. The van der Waals surface area contributed by atoms with Crippen LogP contribution in [0.2, 0.25) is 5.02 Å². The Morgan fingerprint density at radius 3 is 2.74 bits per heavy atom. The molecule has 2 rings (SSSR count). The van der Waals surface area contributed by atoms with Crippen molar-refractivity contribution in [3.05, 3.63) is 35.0 Å². The van der Waals surface area contributed by atoms with Gasteiger partial charge in [-0.2, -0.15) is 5.26 Å². The van der Waals surface area contributed by atoms with Crippen molar-refractivity contribution in [3.63, 3.8) is 0 Å². The second-order valence-electron chi connectivity index (χ2n) is 4.67. The summed E-state index contributed by atoms with van der Waals surface area (Å²) >= 11 is 6.20. The van der Waals surface area contributed by atoms with E-state index in [2.05, 4.69) is 29.6 Å². The molecule has 2 aromatic rings. The third-order valence-electron chi connectivity index (χ3n) is 2.97. The Morgan fingerprint density at radius 1 is 1.37 bits per heavy atom. The van der Waals surface area contributed by atoms with Crippen molar-refractivity contribution in [1.82, 2.24) is 9.47 Å². The molecule has 4 nitrogen and oxygen atoms in total. The van der Waals surface area contributed by atoms with E-state index < -0.39 is 0 Å². The lowest BCUT2D eigenvalue weighted by atomic mass is 10.2. The monoisotopic (exact) mass is 279 g/mol. The zero-order chi connectivity index (χ0) is 13.1. The molecule has 1 aromatic heterocycles. The summed E-state index contributed by atoms with van der Waals surface area (Å²) in [7, 11) is 4.13. The molecule has 0 radical (unpaired) electrons. The Labute approximate surface area is 118 Å². The van der Waals surface area contributed by atoms with E-state index in [1.807, 2.05) is 18.3 Å². The summed E-state index contributed by atoms with van der Waals surface area (Å²) in [4.78, 5) is 2.16. The lowest BCUT2D eigenvalue weighted by molar-refractivity contribution is 0.388. The molecule has 0 saturated heterocycles. The molecule has 2 N–H and O–H groups in total. The topological polar surface area (TPSA) is 63.5 Å². The van der Waals surface area contributed by atoms with Crippen molar-refractivity contribution in [2.75, 3.05) is 20.6 Å². The highest BCUT2D eigenvalue weighted by atomic mass is 35.5. The first-order chi connectivity index (χ1) is 8.61. The average Bonchev–Trinajstić information content (AvgIpc) is 2.65. The maximum absolute atomic E-state index is 8.94. The summed E-state index contributed by atoms with van der Waals surface area (Å²) in [6.07, 6.45) is 3.01. The van der Waals surface area contributed by atoms with Gasteiger partial charge >= 0.3 is 0 Å². The van der Waals surface area contributed by atoms with Crippen LogP contribution in [-0.2, 0) is 6.54 Å². The Morgan fingerprint density at radius 2 is 2.11 bits per heavy atom. The van der Waals surface area contributed by atoms with Gasteiger partial charge < -0.3 is 14.9 Å². The van der Waals surface area contributed by atoms with Crippen molar-refractivity contribution >= 4 is 22.5 Å². The molecule has 0 amide bonds. The van der Waals surface area contributed by atoms with Crippen molar-refractivity contribution in [2.24, 2.45) is 0 Å². The van der Waals surface area contributed by atoms with Crippen LogP contribution >= 0.6 is 11.6 Å². The molecule has 0 aliphatic rings. The van der Waals surface area contributed by atoms with Crippen LogP contribution in [0.3, 0.4) is 0 Å². The van der Waals surface area contributed by atoms with Crippen LogP contribution in [0, 0.1) is 11.3 Å². The highest BCUT2D eigenvalue weighted by Gasteiger charge is 2.07. The number of hydrogen-bond acceptors (Lipinski definition) is 2. The molecule has 1 aromatic carbocycles. The van der Waals surface area contributed by atoms with Crippen molar-refractivity contribution < 1.29 is 5.48 Å². The van der Waals surface area contributed by atoms with Gasteiger partial charge in [0.25, 0.3) is 0 Å². The highest BCUT2D eigenvalue weighted by Crippen LogP contribution is 2.26. The van der Waals surface area contributed by atoms with E-state index in [4.69, 9.17) is 16.9 Å². The molecular weight excluding hydrogens is 262 g/mol. The summed E-state index contributed by atoms with van der Waals surface area (Å²) in [5.74, 6) is 0. The largest absolute Gasteiger partial charge is 0.412 e. The van der Waals surface area contributed by atoms with Crippen LogP contribution in [0.15, 0.2) is 24.4 Å². The van der Waals surface area contributed by atoms with Gasteiger partial charge in [0.15, 0.2) is 0 Å². The smallest absolute Gasteiger partial charge is 0.0992 e. The van der Waals surface area contributed by atoms with Gasteiger partial charge in [0, 0.05) is 18.1 Å². The quantitative estimate of drug-likeness (QED) is 0.862. The number of rotatable bonds is 4. The second kappa shape index (κ2) is 6.58. The fourth-order valence-electron chi connectivity index (χ4n) is 2.06. The number of halogens is 1. The number of nitrogens with zero attached hydrogens (tertiary/aromatic N) is 3. The minimum absolute atomic E-state index is 0. The predicted octanol–water partition coefficient (Wildman–Crippen LogP) is 2.29. The first kappa shape index (κ1) is 15.5. The number of benzene rings is 1. The van der Waals surface area contributed by atoms with Gasteiger partial charge in [-0.3, -0.25) is 0 Å². The molecule has 0 fully saturated rings.